The molecule has 0 aliphatic rings. The minimum absolute atomic E-state index is 0.260. The van der Waals surface area contributed by atoms with Gasteiger partial charge in [0, 0.05) is 5.02 Å². The summed E-state index contributed by atoms with van der Waals surface area (Å²) in [4.78, 5) is 12.3. The molecule has 0 bridgehead atoms. The van der Waals surface area contributed by atoms with Crippen molar-refractivity contribution in [1.82, 2.24) is 19.8 Å². The topological polar surface area (TPSA) is 61.9 Å². The first-order valence-electron chi connectivity index (χ1n) is 6.81. The number of ether oxygens (including phenoxy) is 1. The van der Waals surface area contributed by atoms with Gasteiger partial charge in [-0.3, -0.25) is 0 Å². The van der Waals surface area contributed by atoms with E-state index in [1.54, 1.807) is 48.5 Å². The molecule has 2 aromatic carbocycles. The highest BCUT2D eigenvalue weighted by Crippen LogP contribution is 2.17. The van der Waals surface area contributed by atoms with E-state index in [0.29, 0.717) is 21.5 Å². The summed E-state index contributed by atoms with van der Waals surface area (Å²) < 4.78 is 7.91. The van der Waals surface area contributed by atoms with Crippen molar-refractivity contribution >= 4 is 23.2 Å². The van der Waals surface area contributed by atoms with Crippen LogP contribution in [0.1, 0.15) is 0 Å². The average Bonchev–Trinajstić information content (AvgIpc) is 2.89. The van der Waals surface area contributed by atoms with Gasteiger partial charge in [0.25, 0.3) is 0 Å². The van der Waals surface area contributed by atoms with Gasteiger partial charge in [0.2, 0.25) is 0 Å². The Morgan fingerprint density at radius 2 is 1.87 bits per heavy atom. The number of halogens is 2. The van der Waals surface area contributed by atoms with Gasteiger partial charge in [-0.2, -0.15) is 9.36 Å². The Balaban J connectivity index is 1.71. The molecule has 0 aliphatic carbocycles. The Labute approximate surface area is 141 Å². The van der Waals surface area contributed by atoms with Gasteiger partial charge in [-0.1, -0.05) is 41.4 Å². The van der Waals surface area contributed by atoms with Crippen molar-refractivity contribution in [3.8, 4) is 11.4 Å². The molecule has 0 saturated carbocycles. The average molecular weight is 351 g/mol. The van der Waals surface area contributed by atoms with Crippen molar-refractivity contribution < 1.29 is 4.74 Å². The SMILES string of the molecule is O=c1n(CCOc2cccc(Cl)c2)nnn1-c1ccccc1Cl. The van der Waals surface area contributed by atoms with Gasteiger partial charge in [0.05, 0.1) is 17.3 Å². The lowest BCUT2D eigenvalue weighted by atomic mass is 10.3. The molecule has 8 heteroatoms. The molecule has 3 aromatic rings. The quantitative estimate of drug-likeness (QED) is 0.709. The molecule has 0 N–H and O–H groups in total. The lowest BCUT2D eigenvalue weighted by Crippen LogP contribution is -2.26. The van der Waals surface area contributed by atoms with Crippen LogP contribution in [0, 0.1) is 0 Å². The lowest BCUT2D eigenvalue weighted by Gasteiger charge is -2.05. The molecule has 0 atom stereocenters. The predicted molar refractivity (Wildman–Crippen MR) is 87.6 cm³/mol. The number of aromatic nitrogens is 4. The monoisotopic (exact) mass is 350 g/mol. The highest BCUT2D eigenvalue weighted by atomic mass is 35.5. The van der Waals surface area contributed by atoms with Gasteiger partial charge in [-0.15, -0.1) is 0 Å². The van der Waals surface area contributed by atoms with Crippen molar-refractivity contribution in [3.05, 3.63) is 69.1 Å². The predicted octanol–water partition coefficient (Wildman–Crippen LogP) is 2.81. The molecule has 1 heterocycles. The van der Waals surface area contributed by atoms with E-state index in [1.807, 2.05) is 0 Å². The summed E-state index contributed by atoms with van der Waals surface area (Å²) in [6, 6.07) is 14.0. The summed E-state index contributed by atoms with van der Waals surface area (Å²) in [6.45, 7) is 0.525. The van der Waals surface area contributed by atoms with E-state index in [2.05, 4.69) is 10.4 Å². The second-order valence-corrected chi connectivity index (χ2v) is 5.50. The van der Waals surface area contributed by atoms with Crippen LogP contribution in [0.4, 0.5) is 0 Å². The summed E-state index contributed by atoms with van der Waals surface area (Å²) in [7, 11) is 0. The number of benzene rings is 2. The molecule has 23 heavy (non-hydrogen) atoms. The van der Waals surface area contributed by atoms with Crippen LogP contribution in [-0.4, -0.2) is 26.4 Å². The minimum Gasteiger partial charge on any atom is -0.492 e. The Bertz CT molecular complexity index is 876. The maximum absolute atomic E-state index is 12.3. The Morgan fingerprint density at radius 1 is 1.04 bits per heavy atom. The van der Waals surface area contributed by atoms with E-state index >= 15 is 0 Å². The van der Waals surface area contributed by atoms with Crippen molar-refractivity contribution in [1.29, 1.82) is 0 Å². The molecule has 1 aromatic heterocycles. The molecular weight excluding hydrogens is 339 g/mol. The fourth-order valence-electron chi connectivity index (χ4n) is 2.00. The van der Waals surface area contributed by atoms with Gasteiger partial charge in [0.1, 0.15) is 12.4 Å². The number of hydrogen-bond acceptors (Lipinski definition) is 4. The highest BCUT2D eigenvalue weighted by molar-refractivity contribution is 6.32. The lowest BCUT2D eigenvalue weighted by molar-refractivity contribution is 0.287. The number of para-hydroxylation sites is 1. The van der Waals surface area contributed by atoms with E-state index in [-0.39, 0.29) is 18.8 Å². The number of nitrogens with zero attached hydrogens (tertiary/aromatic N) is 4. The third-order valence-corrected chi connectivity index (χ3v) is 3.64. The standard InChI is InChI=1S/C15H12Cl2N4O2/c16-11-4-3-5-12(10-11)23-9-8-20-15(22)21(19-18-20)14-7-2-1-6-13(14)17/h1-7,10H,8-9H2. The van der Waals surface area contributed by atoms with Crippen molar-refractivity contribution in [2.45, 2.75) is 6.54 Å². The zero-order chi connectivity index (χ0) is 16.2. The van der Waals surface area contributed by atoms with Crippen LogP contribution in [-0.2, 0) is 6.54 Å². The zero-order valence-corrected chi connectivity index (χ0v) is 13.4. The van der Waals surface area contributed by atoms with Gasteiger partial charge >= 0.3 is 5.69 Å². The second-order valence-electron chi connectivity index (χ2n) is 4.65. The largest absolute Gasteiger partial charge is 0.492 e. The first-order valence-corrected chi connectivity index (χ1v) is 7.57. The summed E-state index contributed by atoms with van der Waals surface area (Å²) in [5.74, 6) is 0.629. The molecule has 0 saturated heterocycles. The third-order valence-electron chi connectivity index (χ3n) is 3.09. The minimum atomic E-state index is -0.382. The van der Waals surface area contributed by atoms with Crippen LogP contribution >= 0.6 is 23.2 Å². The summed E-state index contributed by atoms with van der Waals surface area (Å²) in [6.07, 6.45) is 0. The van der Waals surface area contributed by atoms with Crippen LogP contribution in [0.3, 0.4) is 0 Å². The Kier molecular flexibility index (Phi) is 4.64. The summed E-state index contributed by atoms with van der Waals surface area (Å²) in [5.41, 5.74) is 0.106. The Morgan fingerprint density at radius 3 is 2.65 bits per heavy atom. The first kappa shape index (κ1) is 15.6. The van der Waals surface area contributed by atoms with Gasteiger partial charge in [-0.25, -0.2) is 4.79 Å². The maximum Gasteiger partial charge on any atom is 0.368 e. The van der Waals surface area contributed by atoms with Gasteiger partial charge in [0.15, 0.2) is 0 Å². The molecule has 6 nitrogen and oxygen atoms in total. The molecule has 0 unspecified atom stereocenters. The molecule has 0 radical (unpaired) electrons. The fraction of sp³-hybridized carbons (Fsp3) is 0.133. The molecule has 0 aliphatic heterocycles. The van der Waals surface area contributed by atoms with Crippen LogP contribution in [0.2, 0.25) is 10.0 Å². The number of rotatable bonds is 5. The van der Waals surface area contributed by atoms with E-state index in [9.17, 15) is 4.79 Å². The van der Waals surface area contributed by atoms with E-state index in [1.165, 1.54) is 4.68 Å². The first-order chi connectivity index (χ1) is 11.1. The maximum atomic E-state index is 12.3. The van der Waals surface area contributed by atoms with Crippen LogP contribution in [0.25, 0.3) is 5.69 Å². The molecule has 0 amide bonds. The number of hydrogen-bond donors (Lipinski definition) is 0. The van der Waals surface area contributed by atoms with Crippen LogP contribution in [0.15, 0.2) is 53.3 Å². The molecule has 0 spiro atoms. The second kappa shape index (κ2) is 6.85. The molecule has 3 rings (SSSR count). The summed E-state index contributed by atoms with van der Waals surface area (Å²) >= 11 is 11.9. The van der Waals surface area contributed by atoms with Gasteiger partial charge in [-0.05, 0) is 40.8 Å². The molecule has 118 valence electrons. The Hall–Kier alpha value is -2.31. The van der Waals surface area contributed by atoms with Crippen molar-refractivity contribution in [2.24, 2.45) is 0 Å². The smallest absolute Gasteiger partial charge is 0.368 e. The van der Waals surface area contributed by atoms with Gasteiger partial charge < -0.3 is 4.74 Å². The van der Waals surface area contributed by atoms with Crippen LogP contribution in [0.5, 0.6) is 5.75 Å². The zero-order valence-electron chi connectivity index (χ0n) is 11.9. The molecular formula is C15H12Cl2N4O2. The number of tetrazole rings is 1. The van der Waals surface area contributed by atoms with Crippen molar-refractivity contribution in [2.75, 3.05) is 6.61 Å². The highest BCUT2D eigenvalue weighted by Gasteiger charge is 2.11. The molecule has 0 fully saturated rings. The summed E-state index contributed by atoms with van der Waals surface area (Å²) in [5, 5.41) is 8.69. The third kappa shape index (κ3) is 3.55. The van der Waals surface area contributed by atoms with E-state index < -0.39 is 0 Å². The van der Waals surface area contributed by atoms with E-state index in [0.717, 1.165) is 4.68 Å². The van der Waals surface area contributed by atoms with Crippen molar-refractivity contribution in [3.63, 3.8) is 0 Å². The normalized spacial score (nSPS) is 10.7. The van der Waals surface area contributed by atoms with Crippen LogP contribution < -0.4 is 10.4 Å². The van der Waals surface area contributed by atoms with E-state index in [4.69, 9.17) is 27.9 Å². The fourth-order valence-corrected chi connectivity index (χ4v) is 2.39.